The summed E-state index contributed by atoms with van der Waals surface area (Å²) in [5, 5.41) is 17.8. The molecule has 11 heteroatoms. The molecule has 2 heterocycles. The number of carbonyl (C=O) groups is 1. The lowest BCUT2D eigenvalue weighted by molar-refractivity contribution is 0.0474. The van der Waals surface area contributed by atoms with Gasteiger partial charge in [0.25, 0.3) is 0 Å². The van der Waals surface area contributed by atoms with Crippen LogP contribution in [-0.2, 0) is 23.1 Å². The minimum Gasteiger partial charge on any atom is -0.444 e. The number of aryl methyl sites for hydroxylation is 1. The lowest BCUT2D eigenvalue weighted by Gasteiger charge is -2.29. The Morgan fingerprint density at radius 3 is 2.52 bits per heavy atom. The number of guanidine groups is 1. The molecule has 0 saturated carbocycles. The van der Waals surface area contributed by atoms with Crippen LogP contribution in [0.5, 0.6) is 0 Å². The highest BCUT2D eigenvalue weighted by molar-refractivity contribution is 14.0. The number of aliphatic imine (C=N–C) groups is 1. The number of hydrogen-bond acceptors (Lipinski definition) is 6. The number of amides is 1. The number of alkyl carbamates (subject to hydrolysis) is 1. The normalized spacial score (nSPS) is 17.1. The Hall–Kier alpha value is -1.63. The van der Waals surface area contributed by atoms with Crippen LogP contribution in [0.15, 0.2) is 4.99 Å². The molecule has 1 unspecified atom stereocenters. The summed E-state index contributed by atoms with van der Waals surface area (Å²) in [6.07, 6.45) is 1.85. The van der Waals surface area contributed by atoms with Crippen molar-refractivity contribution in [2.45, 2.75) is 78.2 Å². The van der Waals surface area contributed by atoms with Crippen LogP contribution in [0.25, 0.3) is 0 Å². The highest BCUT2D eigenvalue weighted by Gasteiger charge is 2.25. The first-order valence-electron chi connectivity index (χ1n) is 10.4. The summed E-state index contributed by atoms with van der Waals surface area (Å²) in [7, 11) is 1.92. The van der Waals surface area contributed by atoms with E-state index in [1.165, 1.54) is 0 Å². The number of carbonyl (C=O) groups excluding carboxylic acids is 1. The molecule has 0 bridgehead atoms. The smallest absolute Gasteiger partial charge is 0.408 e. The van der Waals surface area contributed by atoms with Crippen molar-refractivity contribution in [1.82, 2.24) is 30.7 Å². The average Bonchev–Trinajstić information content (AvgIpc) is 3.23. The van der Waals surface area contributed by atoms with Gasteiger partial charge in [-0.05, 0) is 54.4 Å². The van der Waals surface area contributed by atoms with Gasteiger partial charge in [0, 0.05) is 26.7 Å². The fourth-order valence-corrected chi connectivity index (χ4v) is 2.86. The van der Waals surface area contributed by atoms with Gasteiger partial charge >= 0.3 is 6.09 Å². The highest BCUT2D eigenvalue weighted by Crippen LogP contribution is 2.11. The van der Waals surface area contributed by atoms with E-state index >= 15 is 0 Å². The maximum absolute atomic E-state index is 12.1. The standard InChI is InChI=1S/C20H37N7O3.HI/c1-14-25-26-16(27(14)7)12-22-17(21-11-15-9-8-10-29-15)23-13-20(5,6)24-18(28)30-19(2,3)4;/h15H,8-13H2,1-7H3,(H,24,28)(H2,21,22,23);1H. The minimum absolute atomic E-state index is 0. The first kappa shape index (κ1) is 27.4. The van der Waals surface area contributed by atoms with Gasteiger partial charge in [-0.1, -0.05) is 0 Å². The number of ether oxygens (including phenoxy) is 2. The van der Waals surface area contributed by atoms with Crippen molar-refractivity contribution in [3.63, 3.8) is 0 Å². The molecule has 0 radical (unpaired) electrons. The minimum atomic E-state index is -0.546. The molecule has 178 valence electrons. The molecular formula is C20H38IN7O3. The summed E-state index contributed by atoms with van der Waals surface area (Å²) in [6, 6.07) is 0. The first-order chi connectivity index (χ1) is 14.0. The largest absolute Gasteiger partial charge is 0.444 e. The molecule has 1 fully saturated rings. The maximum atomic E-state index is 12.1. The molecule has 3 N–H and O–H groups in total. The van der Waals surface area contributed by atoms with E-state index in [-0.39, 0.29) is 30.1 Å². The van der Waals surface area contributed by atoms with E-state index in [4.69, 9.17) is 9.47 Å². The number of rotatable bonds is 7. The Kier molecular flexibility index (Phi) is 10.5. The van der Waals surface area contributed by atoms with Gasteiger partial charge in [0.15, 0.2) is 11.8 Å². The van der Waals surface area contributed by atoms with Crippen LogP contribution in [0.2, 0.25) is 0 Å². The Labute approximate surface area is 202 Å². The number of nitrogens with zero attached hydrogens (tertiary/aromatic N) is 4. The molecule has 1 aliphatic rings. The van der Waals surface area contributed by atoms with Gasteiger partial charge in [-0.2, -0.15) is 0 Å². The Balaban J connectivity index is 0.00000480. The van der Waals surface area contributed by atoms with E-state index in [9.17, 15) is 4.79 Å². The molecule has 1 amide bonds. The second-order valence-electron chi connectivity index (χ2n) is 9.27. The van der Waals surface area contributed by atoms with E-state index < -0.39 is 17.2 Å². The number of halogens is 1. The van der Waals surface area contributed by atoms with Crippen molar-refractivity contribution in [2.75, 3.05) is 19.7 Å². The van der Waals surface area contributed by atoms with Crippen molar-refractivity contribution in [3.05, 3.63) is 11.6 Å². The molecule has 1 saturated heterocycles. The Bertz CT molecular complexity index is 738. The molecular weight excluding hydrogens is 513 g/mol. The van der Waals surface area contributed by atoms with Crippen LogP contribution in [-0.4, -0.2) is 63.8 Å². The maximum Gasteiger partial charge on any atom is 0.408 e. The van der Waals surface area contributed by atoms with Gasteiger partial charge in [-0.15, -0.1) is 34.2 Å². The quantitative estimate of drug-likeness (QED) is 0.271. The van der Waals surface area contributed by atoms with Gasteiger partial charge < -0.3 is 30.0 Å². The van der Waals surface area contributed by atoms with Gasteiger partial charge in [-0.25, -0.2) is 9.79 Å². The Morgan fingerprint density at radius 1 is 1.26 bits per heavy atom. The van der Waals surface area contributed by atoms with Crippen LogP contribution in [0.3, 0.4) is 0 Å². The van der Waals surface area contributed by atoms with Gasteiger partial charge in [0.2, 0.25) is 0 Å². The second-order valence-corrected chi connectivity index (χ2v) is 9.27. The number of aromatic nitrogens is 3. The molecule has 1 aromatic heterocycles. The summed E-state index contributed by atoms with van der Waals surface area (Å²) in [4.78, 5) is 16.8. The van der Waals surface area contributed by atoms with E-state index in [1.54, 1.807) is 0 Å². The van der Waals surface area contributed by atoms with Crippen molar-refractivity contribution >= 4 is 36.0 Å². The van der Waals surface area contributed by atoms with Gasteiger partial charge in [-0.3, -0.25) is 0 Å². The lowest BCUT2D eigenvalue weighted by atomic mass is 10.1. The van der Waals surface area contributed by atoms with Gasteiger partial charge in [0.1, 0.15) is 18.0 Å². The summed E-state index contributed by atoms with van der Waals surface area (Å²) in [5.74, 6) is 2.24. The molecule has 1 atom stereocenters. The molecule has 31 heavy (non-hydrogen) atoms. The second kappa shape index (κ2) is 11.8. The third-order valence-electron chi connectivity index (χ3n) is 4.62. The zero-order valence-corrected chi connectivity index (χ0v) is 22.1. The van der Waals surface area contributed by atoms with E-state index in [1.807, 2.05) is 53.2 Å². The van der Waals surface area contributed by atoms with Crippen molar-refractivity contribution in [1.29, 1.82) is 0 Å². The fourth-order valence-electron chi connectivity index (χ4n) is 2.86. The molecule has 2 rings (SSSR count). The van der Waals surface area contributed by atoms with Crippen molar-refractivity contribution in [3.8, 4) is 0 Å². The zero-order valence-electron chi connectivity index (χ0n) is 19.7. The predicted molar refractivity (Wildman–Crippen MR) is 131 cm³/mol. The monoisotopic (exact) mass is 551 g/mol. The molecule has 10 nitrogen and oxygen atoms in total. The van der Waals surface area contributed by atoms with Crippen molar-refractivity contribution in [2.24, 2.45) is 12.0 Å². The number of hydrogen-bond donors (Lipinski definition) is 3. The van der Waals surface area contributed by atoms with Crippen LogP contribution in [0, 0.1) is 6.92 Å². The van der Waals surface area contributed by atoms with Crippen LogP contribution >= 0.6 is 24.0 Å². The van der Waals surface area contributed by atoms with Crippen molar-refractivity contribution < 1.29 is 14.3 Å². The highest BCUT2D eigenvalue weighted by atomic mass is 127. The summed E-state index contributed by atoms with van der Waals surface area (Å²) < 4.78 is 13.0. The van der Waals surface area contributed by atoms with E-state index in [2.05, 4.69) is 31.1 Å². The average molecular weight is 551 g/mol. The topological polar surface area (TPSA) is 115 Å². The molecule has 1 aliphatic heterocycles. The van der Waals surface area contributed by atoms with Crippen LogP contribution < -0.4 is 16.0 Å². The lowest BCUT2D eigenvalue weighted by Crippen LogP contribution is -2.54. The van der Waals surface area contributed by atoms with Crippen LogP contribution in [0.4, 0.5) is 4.79 Å². The predicted octanol–water partition coefficient (Wildman–Crippen LogP) is 2.26. The Morgan fingerprint density at radius 2 is 1.97 bits per heavy atom. The summed E-state index contributed by atoms with van der Waals surface area (Å²) in [5.41, 5.74) is -1.09. The third kappa shape index (κ3) is 10.0. The third-order valence-corrected chi connectivity index (χ3v) is 4.62. The SMILES string of the molecule is Cc1nnc(CN=C(NCC2CCCO2)NCC(C)(C)NC(=O)OC(C)(C)C)n1C.I. The number of nitrogens with one attached hydrogen (secondary N) is 3. The summed E-state index contributed by atoms with van der Waals surface area (Å²) >= 11 is 0. The zero-order chi connectivity index (χ0) is 22.4. The van der Waals surface area contributed by atoms with E-state index in [0.29, 0.717) is 25.6 Å². The molecule has 1 aromatic rings. The molecule has 0 aromatic carbocycles. The first-order valence-corrected chi connectivity index (χ1v) is 10.4. The molecule has 0 aliphatic carbocycles. The molecule has 0 spiro atoms. The summed E-state index contributed by atoms with van der Waals surface area (Å²) in [6.45, 7) is 13.6. The van der Waals surface area contributed by atoms with Gasteiger partial charge in [0.05, 0.1) is 11.6 Å². The fraction of sp³-hybridized carbons (Fsp3) is 0.800. The van der Waals surface area contributed by atoms with Crippen LogP contribution in [0.1, 0.15) is 59.1 Å². The van der Waals surface area contributed by atoms with E-state index in [0.717, 1.165) is 31.1 Å².